The molecular formula is C14H26O4. The van der Waals surface area contributed by atoms with Crippen molar-refractivity contribution in [1.29, 1.82) is 0 Å². The van der Waals surface area contributed by atoms with Crippen molar-refractivity contribution >= 4 is 11.8 Å². The molecule has 0 fully saturated rings. The predicted octanol–water partition coefficient (Wildman–Crippen LogP) is 2.78. The van der Waals surface area contributed by atoms with Gasteiger partial charge in [-0.3, -0.25) is 9.59 Å². The van der Waals surface area contributed by atoms with E-state index in [4.69, 9.17) is 10.2 Å². The van der Waals surface area contributed by atoms with Crippen LogP contribution in [0.5, 0.6) is 0 Å². The first-order chi connectivity index (χ1) is 8.57. The molecule has 0 spiro atoms. The molecule has 18 heavy (non-hydrogen) atoms. The Balaban J connectivity index is 3.57. The van der Waals surface area contributed by atoms with E-state index in [-0.39, 0.29) is 24.7 Å². The number of carboxylic acid groups (broad SMARTS) is 1. The highest BCUT2D eigenvalue weighted by Crippen LogP contribution is 2.18. The van der Waals surface area contributed by atoms with Crippen LogP contribution >= 0.6 is 0 Å². The highest BCUT2D eigenvalue weighted by molar-refractivity contribution is 5.78. The van der Waals surface area contributed by atoms with Gasteiger partial charge < -0.3 is 10.2 Å². The molecule has 0 radical (unpaired) electrons. The molecule has 0 aromatic heterocycles. The number of unbranched alkanes of at least 4 members (excludes halogenated alkanes) is 4. The van der Waals surface area contributed by atoms with E-state index in [0.717, 1.165) is 51.4 Å². The van der Waals surface area contributed by atoms with Gasteiger partial charge in [0.15, 0.2) is 0 Å². The Hall–Kier alpha value is -0.900. The maximum Gasteiger partial charge on any atom is 0.303 e. The number of Topliss-reactive ketones (excluding diaryl/α,β-unsaturated/α-hetero) is 1. The lowest BCUT2D eigenvalue weighted by Gasteiger charge is -2.13. The van der Waals surface area contributed by atoms with Crippen LogP contribution < -0.4 is 0 Å². The minimum Gasteiger partial charge on any atom is -0.481 e. The first kappa shape index (κ1) is 17.1. The van der Waals surface area contributed by atoms with Crippen molar-refractivity contribution in [2.24, 2.45) is 5.92 Å². The van der Waals surface area contributed by atoms with E-state index in [1.54, 1.807) is 6.92 Å². The van der Waals surface area contributed by atoms with Gasteiger partial charge in [-0.1, -0.05) is 25.7 Å². The monoisotopic (exact) mass is 258 g/mol. The van der Waals surface area contributed by atoms with Crippen LogP contribution in [0.3, 0.4) is 0 Å². The zero-order valence-electron chi connectivity index (χ0n) is 11.4. The van der Waals surface area contributed by atoms with Gasteiger partial charge in [-0.05, 0) is 32.6 Å². The van der Waals surface area contributed by atoms with Gasteiger partial charge in [0.1, 0.15) is 5.78 Å². The third-order valence-corrected chi connectivity index (χ3v) is 3.23. The fourth-order valence-electron chi connectivity index (χ4n) is 2.07. The van der Waals surface area contributed by atoms with Gasteiger partial charge in [0, 0.05) is 18.9 Å². The number of hydrogen-bond donors (Lipinski definition) is 2. The molecule has 0 saturated carbocycles. The number of carboxylic acids is 1. The number of aliphatic hydroxyl groups excluding tert-OH is 1. The number of rotatable bonds is 12. The lowest BCUT2D eigenvalue weighted by Crippen LogP contribution is -2.11. The molecule has 1 atom stereocenters. The topological polar surface area (TPSA) is 74.6 Å². The molecule has 0 heterocycles. The molecule has 4 heteroatoms. The Morgan fingerprint density at radius 1 is 0.944 bits per heavy atom. The highest BCUT2D eigenvalue weighted by Gasteiger charge is 2.13. The Bertz CT molecular complexity index is 238. The van der Waals surface area contributed by atoms with E-state index in [1.165, 1.54) is 0 Å². The Morgan fingerprint density at radius 3 is 2.00 bits per heavy atom. The van der Waals surface area contributed by atoms with Crippen LogP contribution in [0.1, 0.15) is 64.7 Å². The summed E-state index contributed by atoms with van der Waals surface area (Å²) in [6.45, 7) is 1.83. The van der Waals surface area contributed by atoms with Gasteiger partial charge in [-0.15, -0.1) is 0 Å². The largest absolute Gasteiger partial charge is 0.481 e. The molecule has 106 valence electrons. The van der Waals surface area contributed by atoms with E-state index in [0.29, 0.717) is 0 Å². The molecule has 0 saturated heterocycles. The van der Waals surface area contributed by atoms with Crippen molar-refractivity contribution in [3.8, 4) is 0 Å². The van der Waals surface area contributed by atoms with Crippen LogP contribution in [0.2, 0.25) is 0 Å². The minimum absolute atomic E-state index is 0.121. The quantitative estimate of drug-likeness (QED) is 0.528. The maximum absolute atomic E-state index is 11.4. The van der Waals surface area contributed by atoms with Crippen molar-refractivity contribution in [2.75, 3.05) is 6.61 Å². The first-order valence-corrected chi connectivity index (χ1v) is 6.91. The summed E-state index contributed by atoms with van der Waals surface area (Å²) in [4.78, 5) is 21.7. The van der Waals surface area contributed by atoms with Gasteiger partial charge >= 0.3 is 5.97 Å². The molecule has 0 aromatic rings. The molecule has 0 amide bonds. The third-order valence-electron chi connectivity index (χ3n) is 3.23. The second-order valence-electron chi connectivity index (χ2n) is 4.87. The molecule has 0 bridgehead atoms. The van der Waals surface area contributed by atoms with Crippen LogP contribution in [0, 0.1) is 5.92 Å². The summed E-state index contributed by atoms with van der Waals surface area (Å²) in [5.74, 6) is -0.380. The maximum atomic E-state index is 11.4. The number of aliphatic hydroxyl groups is 1. The van der Waals surface area contributed by atoms with Crippen LogP contribution in [0.25, 0.3) is 0 Å². The Morgan fingerprint density at radius 2 is 1.50 bits per heavy atom. The second-order valence-corrected chi connectivity index (χ2v) is 4.87. The molecular weight excluding hydrogens is 232 g/mol. The molecule has 0 aromatic carbocycles. The summed E-state index contributed by atoms with van der Waals surface area (Å²) < 4.78 is 0. The summed E-state index contributed by atoms with van der Waals surface area (Å²) in [7, 11) is 0. The Labute approximate surface area is 109 Å². The zero-order valence-corrected chi connectivity index (χ0v) is 11.4. The van der Waals surface area contributed by atoms with Gasteiger partial charge in [0.05, 0.1) is 0 Å². The van der Waals surface area contributed by atoms with Crippen LogP contribution in [-0.2, 0) is 9.59 Å². The van der Waals surface area contributed by atoms with Crippen LogP contribution in [0.4, 0.5) is 0 Å². The summed E-state index contributed by atoms with van der Waals surface area (Å²) in [6.07, 6.45) is 7.31. The zero-order chi connectivity index (χ0) is 13.8. The summed E-state index contributed by atoms with van der Waals surface area (Å²) >= 11 is 0. The standard InChI is InChI=1S/C14H26O4/c1-12(16)13(9-6-7-11-15)8-4-2-3-5-10-14(17)18/h13,15H,2-11H2,1H3,(H,17,18)/t13-/m1/s1. The SMILES string of the molecule is CC(=O)[C@@H](CCCCO)CCCCCCC(=O)O. The third kappa shape index (κ3) is 10.3. The summed E-state index contributed by atoms with van der Waals surface area (Å²) in [5, 5.41) is 17.2. The van der Waals surface area contributed by atoms with E-state index in [9.17, 15) is 9.59 Å². The van der Waals surface area contributed by atoms with E-state index >= 15 is 0 Å². The molecule has 0 rings (SSSR count). The molecule has 0 aliphatic heterocycles. The van der Waals surface area contributed by atoms with E-state index in [1.807, 2.05) is 0 Å². The molecule has 4 nitrogen and oxygen atoms in total. The van der Waals surface area contributed by atoms with Gasteiger partial charge in [0.25, 0.3) is 0 Å². The molecule has 0 aliphatic rings. The smallest absolute Gasteiger partial charge is 0.303 e. The van der Waals surface area contributed by atoms with Crippen molar-refractivity contribution in [3.05, 3.63) is 0 Å². The number of carbonyl (C=O) groups is 2. The van der Waals surface area contributed by atoms with Crippen LogP contribution in [-0.4, -0.2) is 28.6 Å². The predicted molar refractivity (Wildman–Crippen MR) is 70.4 cm³/mol. The summed E-state index contributed by atoms with van der Waals surface area (Å²) in [6, 6.07) is 0. The number of aliphatic carboxylic acids is 1. The number of carbonyl (C=O) groups excluding carboxylic acids is 1. The average Bonchev–Trinajstić information content (AvgIpc) is 2.30. The van der Waals surface area contributed by atoms with Gasteiger partial charge in [-0.25, -0.2) is 0 Å². The lowest BCUT2D eigenvalue weighted by molar-refractivity contribution is -0.137. The van der Waals surface area contributed by atoms with Gasteiger partial charge in [0.2, 0.25) is 0 Å². The molecule has 0 unspecified atom stereocenters. The first-order valence-electron chi connectivity index (χ1n) is 6.91. The van der Waals surface area contributed by atoms with E-state index in [2.05, 4.69) is 0 Å². The van der Waals surface area contributed by atoms with E-state index < -0.39 is 5.97 Å². The average molecular weight is 258 g/mol. The van der Waals surface area contributed by atoms with Crippen molar-refractivity contribution in [3.63, 3.8) is 0 Å². The van der Waals surface area contributed by atoms with Crippen molar-refractivity contribution in [1.82, 2.24) is 0 Å². The lowest BCUT2D eigenvalue weighted by atomic mass is 9.92. The minimum atomic E-state index is -0.736. The fourth-order valence-corrected chi connectivity index (χ4v) is 2.07. The fraction of sp³-hybridized carbons (Fsp3) is 0.857. The summed E-state index contributed by atoms with van der Waals surface area (Å²) in [5.41, 5.74) is 0. The molecule has 0 aliphatic carbocycles. The van der Waals surface area contributed by atoms with Crippen molar-refractivity contribution in [2.45, 2.75) is 64.7 Å². The number of hydrogen-bond acceptors (Lipinski definition) is 3. The highest BCUT2D eigenvalue weighted by atomic mass is 16.4. The normalized spacial score (nSPS) is 12.3. The second kappa shape index (κ2) is 11.2. The Kier molecular flexibility index (Phi) is 10.6. The number of ketones is 1. The van der Waals surface area contributed by atoms with Crippen LogP contribution in [0.15, 0.2) is 0 Å². The van der Waals surface area contributed by atoms with Gasteiger partial charge in [-0.2, -0.15) is 0 Å². The molecule has 2 N–H and O–H groups in total. The van der Waals surface area contributed by atoms with Crippen molar-refractivity contribution < 1.29 is 19.8 Å².